The number of hydrogen-bond acceptors (Lipinski definition) is 4. The number of aromatic carboxylic acids is 1. The molecule has 0 radical (unpaired) electrons. The van der Waals surface area contributed by atoms with Gasteiger partial charge in [0.2, 0.25) is 0 Å². The van der Waals surface area contributed by atoms with E-state index >= 15 is 0 Å². The Bertz CT molecular complexity index is 593. The van der Waals surface area contributed by atoms with Crippen LogP contribution in [-0.4, -0.2) is 15.4 Å². The molecule has 0 atom stereocenters. The van der Waals surface area contributed by atoms with Gasteiger partial charge in [-0.25, -0.2) is 4.79 Å². The van der Waals surface area contributed by atoms with Crippen LogP contribution in [0.2, 0.25) is 0 Å². The molecule has 1 aromatic heterocycles. The van der Waals surface area contributed by atoms with E-state index in [1.807, 2.05) is 12.1 Å². The lowest BCUT2D eigenvalue weighted by atomic mass is 10.1. The molecule has 2 rings (SSSR count). The maximum Gasteiger partial charge on any atom is 0.340 e. The van der Waals surface area contributed by atoms with Crippen molar-refractivity contribution >= 4 is 22.5 Å². The number of benzene rings is 1. The van der Waals surface area contributed by atoms with Crippen molar-refractivity contribution in [3.8, 4) is 0 Å². The molecule has 1 heterocycles. The quantitative estimate of drug-likeness (QED) is 0.879. The van der Waals surface area contributed by atoms with Gasteiger partial charge in [-0.1, -0.05) is 31.2 Å². The lowest BCUT2D eigenvalue weighted by Crippen LogP contribution is -2.06. The summed E-state index contributed by atoms with van der Waals surface area (Å²) in [6.45, 7) is 4.44. The zero-order chi connectivity index (χ0) is 13.8. The predicted molar refractivity (Wildman–Crippen MR) is 77.0 cm³/mol. The number of carbonyl (C=O) groups is 1. The summed E-state index contributed by atoms with van der Waals surface area (Å²) in [6, 6.07) is 8.15. The largest absolute Gasteiger partial charge is 0.478 e. The molecule has 2 aromatic rings. The average molecular weight is 276 g/mol. The van der Waals surface area contributed by atoms with Crippen LogP contribution < -0.4 is 5.32 Å². The Balaban J connectivity index is 2.17. The molecule has 2 N–H and O–H groups in total. The van der Waals surface area contributed by atoms with Crippen LogP contribution in [0.25, 0.3) is 0 Å². The van der Waals surface area contributed by atoms with Gasteiger partial charge in [-0.3, -0.25) is 0 Å². The minimum atomic E-state index is -0.933. The Hall–Kier alpha value is -1.88. The van der Waals surface area contributed by atoms with E-state index in [4.69, 9.17) is 5.11 Å². The van der Waals surface area contributed by atoms with E-state index in [1.54, 1.807) is 6.92 Å². The molecule has 4 nitrogen and oxygen atoms in total. The topological polar surface area (TPSA) is 62.2 Å². The van der Waals surface area contributed by atoms with Gasteiger partial charge >= 0.3 is 5.97 Å². The first-order valence-corrected chi connectivity index (χ1v) is 6.91. The molecule has 0 fully saturated rings. The van der Waals surface area contributed by atoms with Crippen molar-refractivity contribution in [2.45, 2.75) is 26.8 Å². The lowest BCUT2D eigenvalue weighted by Gasteiger charge is -2.09. The first kappa shape index (κ1) is 13.5. The summed E-state index contributed by atoms with van der Waals surface area (Å²) in [5.74, 6) is -0.933. The molecular weight excluding hydrogens is 260 g/mol. The summed E-state index contributed by atoms with van der Waals surface area (Å²) < 4.78 is 4.09. The number of nitrogens with zero attached hydrogens (tertiary/aromatic N) is 1. The van der Waals surface area contributed by atoms with Gasteiger partial charge in [0.05, 0.1) is 5.69 Å². The minimum absolute atomic E-state index is 0.277. The zero-order valence-electron chi connectivity index (χ0n) is 10.9. The van der Waals surface area contributed by atoms with Crippen molar-refractivity contribution in [3.63, 3.8) is 0 Å². The highest BCUT2D eigenvalue weighted by atomic mass is 32.1. The first-order valence-electron chi connectivity index (χ1n) is 6.13. The molecule has 0 spiro atoms. The normalized spacial score (nSPS) is 10.4. The van der Waals surface area contributed by atoms with Crippen molar-refractivity contribution in [3.05, 3.63) is 46.6 Å². The molecule has 0 saturated carbocycles. The number of anilines is 1. The van der Waals surface area contributed by atoms with E-state index in [0.717, 1.165) is 6.42 Å². The fourth-order valence-electron chi connectivity index (χ4n) is 1.99. The second-order valence-corrected chi connectivity index (χ2v) is 5.03. The molecule has 5 heteroatoms. The highest BCUT2D eigenvalue weighted by Gasteiger charge is 2.17. The Morgan fingerprint density at radius 2 is 2.05 bits per heavy atom. The van der Waals surface area contributed by atoms with Crippen molar-refractivity contribution in [1.82, 2.24) is 4.37 Å². The number of nitrogens with one attached hydrogen (secondary N) is 1. The molecule has 1 aromatic carbocycles. The van der Waals surface area contributed by atoms with Crippen molar-refractivity contribution in [1.29, 1.82) is 0 Å². The molecule has 0 amide bonds. The van der Waals surface area contributed by atoms with Gasteiger partial charge in [0, 0.05) is 6.54 Å². The summed E-state index contributed by atoms with van der Waals surface area (Å²) in [7, 11) is 0. The van der Waals surface area contributed by atoms with Crippen LogP contribution in [0.4, 0.5) is 5.00 Å². The molecule has 0 aliphatic heterocycles. The summed E-state index contributed by atoms with van der Waals surface area (Å²) in [5.41, 5.74) is 3.29. The van der Waals surface area contributed by atoms with Crippen LogP contribution in [0.1, 0.15) is 34.1 Å². The minimum Gasteiger partial charge on any atom is -0.478 e. The van der Waals surface area contributed by atoms with E-state index in [2.05, 4.69) is 28.7 Å². The second-order valence-electron chi connectivity index (χ2n) is 4.25. The third-order valence-electron chi connectivity index (χ3n) is 3.02. The standard InChI is InChI=1S/C14H16N2O2S/c1-3-10-6-4-5-7-11(10)8-15-13-12(14(17)18)9(2)16-19-13/h4-7,15H,3,8H2,1-2H3,(H,17,18). The van der Waals surface area contributed by atoms with Crippen LogP contribution in [0.5, 0.6) is 0 Å². The van der Waals surface area contributed by atoms with Gasteiger partial charge in [-0.2, -0.15) is 4.37 Å². The Morgan fingerprint density at radius 3 is 2.68 bits per heavy atom. The summed E-state index contributed by atoms with van der Waals surface area (Å²) >= 11 is 1.20. The highest BCUT2D eigenvalue weighted by Crippen LogP contribution is 2.25. The number of aryl methyl sites for hydroxylation is 2. The van der Waals surface area contributed by atoms with Crippen LogP contribution in [0.3, 0.4) is 0 Å². The van der Waals surface area contributed by atoms with E-state index < -0.39 is 5.97 Å². The predicted octanol–water partition coefficient (Wildman–Crippen LogP) is 3.32. The maximum atomic E-state index is 11.2. The fourth-order valence-corrected chi connectivity index (χ4v) is 2.78. The van der Waals surface area contributed by atoms with Gasteiger partial charge in [-0.05, 0) is 36.0 Å². The Kier molecular flexibility index (Phi) is 4.16. The molecule has 0 unspecified atom stereocenters. The lowest BCUT2D eigenvalue weighted by molar-refractivity contribution is 0.0697. The van der Waals surface area contributed by atoms with Crippen molar-refractivity contribution in [2.24, 2.45) is 0 Å². The van der Waals surface area contributed by atoms with Crippen LogP contribution in [0.15, 0.2) is 24.3 Å². The molecule has 100 valence electrons. The summed E-state index contributed by atoms with van der Waals surface area (Å²) in [5, 5.41) is 13.0. The number of hydrogen-bond donors (Lipinski definition) is 2. The zero-order valence-corrected chi connectivity index (χ0v) is 11.8. The fraction of sp³-hybridized carbons (Fsp3) is 0.286. The van der Waals surface area contributed by atoms with Crippen LogP contribution in [0, 0.1) is 6.92 Å². The molecule has 0 aliphatic rings. The summed E-state index contributed by atoms with van der Waals surface area (Å²) in [4.78, 5) is 11.2. The SMILES string of the molecule is CCc1ccccc1CNc1snc(C)c1C(=O)O. The molecule has 0 bridgehead atoms. The summed E-state index contributed by atoms with van der Waals surface area (Å²) in [6.07, 6.45) is 0.964. The van der Waals surface area contributed by atoms with Gasteiger partial charge in [0.15, 0.2) is 0 Å². The molecule has 0 saturated heterocycles. The second kappa shape index (κ2) is 5.84. The molecular formula is C14H16N2O2S. The highest BCUT2D eigenvalue weighted by molar-refractivity contribution is 7.10. The van der Waals surface area contributed by atoms with E-state index in [1.165, 1.54) is 22.7 Å². The van der Waals surface area contributed by atoms with Crippen molar-refractivity contribution < 1.29 is 9.90 Å². The maximum absolute atomic E-state index is 11.2. The number of carboxylic acid groups (broad SMARTS) is 1. The number of carboxylic acids is 1. The van der Waals surface area contributed by atoms with Gasteiger partial charge in [-0.15, -0.1) is 0 Å². The Morgan fingerprint density at radius 1 is 1.37 bits per heavy atom. The van der Waals surface area contributed by atoms with Gasteiger partial charge in [0.1, 0.15) is 10.6 Å². The third kappa shape index (κ3) is 2.93. The Labute approximate surface area is 116 Å². The van der Waals surface area contributed by atoms with Gasteiger partial charge in [0.25, 0.3) is 0 Å². The average Bonchev–Trinajstić information content (AvgIpc) is 2.78. The smallest absolute Gasteiger partial charge is 0.340 e. The van der Waals surface area contributed by atoms with Gasteiger partial charge < -0.3 is 10.4 Å². The third-order valence-corrected chi connectivity index (χ3v) is 3.91. The van der Waals surface area contributed by atoms with E-state index in [-0.39, 0.29) is 5.56 Å². The first-order chi connectivity index (χ1) is 9.13. The van der Waals surface area contributed by atoms with Crippen molar-refractivity contribution in [2.75, 3.05) is 5.32 Å². The van der Waals surface area contributed by atoms with E-state index in [0.29, 0.717) is 17.2 Å². The van der Waals surface area contributed by atoms with E-state index in [9.17, 15) is 4.79 Å². The van der Waals surface area contributed by atoms with Crippen LogP contribution >= 0.6 is 11.5 Å². The molecule has 19 heavy (non-hydrogen) atoms. The van der Waals surface area contributed by atoms with Crippen LogP contribution in [-0.2, 0) is 13.0 Å². The monoisotopic (exact) mass is 276 g/mol. The number of rotatable bonds is 5. The molecule has 0 aliphatic carbocycles. The number of aromatic nitrogens is 1.